The van der Waals surface area contributed by atoms with Gasteiger partial charge in [-0.2, -0.15) is 5.06 Å². The van der Waals surface area contributed by atoms with Crippen LogP contribution in [0.3, 0.4) is 0 Å². The number of cyclic esters (lactones) is 1. The summed E-state index contributed by atoms with van der Waals surface area (Å²) in [6, 6.07) is 6.33. The molecule has 3 aliphatic heterocycles. The highest BCUT2D eigenvalue weighted by Crippen LogP contribution is 2.52. The van der Waals surface area contributed by atoms with E-state index in [4.69, 9.17) is 33.2 Å². The van der Waals surface area contributed by atoms with Crippen LogP contribution in [0.25, 0.3) is 0 Å². The Hall–Kier alpha value is -4.23. The van der Waals surface area contributed by atoms with Gasteiger partial charge in [0.1, 0.15) is 12.1 Å². The standard InChI is InChI=1S/C37H48N2O11/c1-9-19(2)31(38-35(42)49-23-15-36(3,4)39(43)37(5,6)16-23)34(41)50-32-27(44-7)12-21(13-28(32)45-8)29-24-14-26-25(47-18-48-26)11-20(24)10-22-17-46-33(40)30(22)29/h11-14,19,22-23,29-31,43H,9-10,15-18H2,1-8H3,(H,38,42)/t19-,22-,29+,30-,31-/m0/s1. The van der Waals surface area contributed by atoms with Gasteiger partial charge in [-0.15, -0.1) is 0 Å². The first-order valence-electron chi connectivity index (χ1n) is 17.2. The van der Waals surface area contributed by atoms with Gasteiger partial charge in [0, 0.05) is 35.8 Å². The van der Waals surface area contributed by atoms with Crippen LogP contribution >= 0.6 is 0 Å². The van der Waals surface area contributed by atoms with E-state index in [2.05, 4.69) is 5.32 Å². The quantitative estimate of drug-likeness (QED) is 0.256. The van der Waals surface area contributed by atoms with E-state index in [9.17, 15) is 19.6 Å². The molecule has 0 radical (unpaired) electrons. The highest BCUT2D eigenvalue weighted by molar-refractivity contribution is 5.84. The maximum absolute atomic E-state index is 13.8. The lowest BCUT2D eigenvalue weighted by Gasteiger charge is -2.50. The Kier molecular flexibility index (Phi) is 9.59. The average molecular weight is 697 g/mol. The van der Waals surface area contributed by atoms with Crippen LogP contribution < -0.4 is 29.0 Å². The highest BCUT2D eigenvalue weighted by atomic mass is 16.7. The summed E-state index contributed by atoms with van der Waals surface area (Å²) in [5.41, 5.74) is 1.42. The fourth-order valence-corrected chi connectivity index (χ4v) is 8.09. The summed E-state index contributed by atoms with van der Waals surface area (Å²) in [5.74, 6) is -0.463. The Morgan fingerprint density at radius 1 is 1.00 bits per heavy atom. The van der Waals surface area contributed by atoms with E-state index in [1.54, 1.807) is 12.1 Å². The molecule has 0 spiro atoms. The first-order valence-corrected chi connectivity index (χ1v) is 17.2. The molecule has 2 fully saturated rings. The summed E-state index contributed by atoms with van der Waals surface area (Å²) < 4.78 is 40.2. The van der Waals surface area contributed by atoms with Gasteiger partial charge in [-0.3, -0.25) is 4.79 Å². The Morgan fingerprint density at radius 2 is 1.62 bits per heavy atom. The van der Waals surface area contributed by atoms with Crippen molar-refractivity contribution in [1.29, 1.82) is 0 Å². The van der Waals surface area contributed by atoms with Crippen LogP contribution in [0.2, 0.25) is 0 Å². The summed E-state index contributed by atoms with van der Waals surface area (Å²) in [7, 11) is 2.91. The van der Waals surface area contributed by atoms with Crippen molar-refractivity contribution in [2.45, 2.75) is 96.4 Å². The van der Waals surface area contributed by atoms with E-state index in [0.717, 1.165) is 11.1 Å². The molecule has 50 heavy (non-hydrogen) atoms. The van der Waals surface area contributed by atoms with Crippen molar-refractivity contribution in [3.05, 3.63) is 41.0 Å². The molecule has 6 rings (SSSR count). The number of carbonyl (C=O) groups excluding carboxylic acids is 3. The van der Waals surface area contributed by atoms with Gasteiger partial charge in [-0.25, -0.2) is 9.59 Å². The van der Waals surface area contributed by atoms with Gasteiger partial charge >= 0.3 is 18.0 Å². The average Bonchev–Trinajstić information content (AvgIpc) is 3.68. The van der Waals surface area contributed by atoms with Crippen LogP contribution in [0.15, 0.2) is 24.3 Å². The molecule has 1 aliphatic carbocycles. The molecule has 13 nitrogen and oxygen atoms in total. The van der Waals surface area contributed by atoms with Crippen molar-refractivity contribution < 1.29 is 52.7 Å². The molecule has 0 bridgehead atoms. The molecule has 0 unspecified atom stereocenters. The number of methoxy groups -OCH3 is 2. The minimum Gasteiger partial charge on any atom is -0.493 e. The van der Waals surface area contributed by atoms with E-state index < -0.39 is 47.1 Å². The van der Waals surface area contributed by atoms with Gasteiger partial charge in [0.25, 0.3) is 0 Å². The highest BCUT2D eigenvalue weighted by Gasteiger charge is 2.49. The summed E-state index contributed by atoms with van der Waals surface area (Å²) in [5, 5.41) is 14.7. The number of alkyl carbamates (subject to hydrolysis) is 1. The first kappa shape index (κ1) is 35.6. The molecule has 2 N–H and O–H groups in total. The molecule has 4 aliphatic rings. The van der Waals surface area contributed by atoms with Gasteiger partial charge in [0.15, 0.2) is 23.0 Å². The minimum atomic E-state index is -1.05. The number of ether oxygens (including phenoxy) is 7. The summed E-state index contributed by atoms with van der Waals surface area (Å²) in [6.45, 7) is 11.7. The lowest BCUT2D eigenvalue weighted by Crippen LogP contribution is -2.61. The van der Waals surface area contributed by atoms with Crippen LogP contribution in [-0.4, -0.2) is 79.1 Å². The zero-order chi connectivity index (χ0) is 36.1. The van der Waals surface area contributed by atoms with E-state index in [0.29, 0.717) is 49.4 Å². The number of benzene rings is 2. The summed E-state index contributed by atoms with van der Waals surface area (Å²) in [4.78, 5) is 40.2. The Balaban J connectivity index is 1.27. The Morgan fingerprint density at radius 3 is 2.22 bits per heavy atom. The van der Waals surface area contributed by atoms with E-state index >= 15 is 0 Å². The van der Waals surface area contributed by atoms with Gasteiger partial charge in [0.2, 0.25) is 12.5 Å². The molecule has 2 aromatic rings. The van der Waals surface area contributed by atoms with Crippen LogP contribution in [0.5, 0.6) is 28.7 Å². The van der Waals surface area contributed by atoms with Crippen molar-refractivity contribution >= 4 is 18.0 Å². The molecule has 13 heteroatoms. The van der Waals surface area contributed by atoms with Gasteiger partial charge in [-0.05, 0) is 81.0 Å². The van der Waals surface area contributed by atoms with Crippen molar-refractivity contribution in [1.82, 2.24) is 10.4 Å². The monoisotopic (exact) mass is 696 g/mol. The number of nitrogens with zero attached hydrogens (tertiary/aromatic N) is 1. The zero-order valence-electron chi connectivity index (χ0n) is 30.0. The molecule has 3 heterocycles. The normalized spacial score (nSPS) is 24.7. The second kappa shape index (κ2) is 13.5. The number of rotatable bonds is 9. The van der Waals surface area contributed by atoms with Crippen molar-refractivity contribution in [3.8, 4) is 28.7 Å². The first-order chi connectivity index (χ1) is 23.7. The number of fused-ring (bicyclic) bond motifs is 3. The van der Waals surface area contributed by atoms with Crippen LogP contribution in [0.4, 0.5) is 4.79 Å². The maximum atomic E-state index is 13.8. The second-order valence-corrected chi connectivity index (χ2v) is 15.1. The number of esters is 2. The fourth-order valence-electron chi connectivity index (χ4n) is 8.09. The minimum absolute atomic E-state index is 0.0367. The zero-order valence-corrected chi connectivity index (χ0v) is 30.0. The third-order valence-electron chi connectivity index (χ3n) is 10.7. The van der Waals surface area contributed by atoms with Crippen molar-refractivity contribution in [3.63, 3.8) is 0 Å². The fraction of sp³-hybridized carbons (Fsp3) is 0.595. The number of nitrogens with one attached hydrogen (secondary N) is 1. The second-order valence-electron chi connectivity index (χ2n) is 15.1. The molecule has 5 atom stereocenters. The third kappa shape index (κ3) is 6.53. The molecule has 2 saturated heterocycles. The van der Waals surface area contributed by atoms with Gasteiger partial charge < -0.3 is 43.7 Å². The molecule has 0 aromatic heterocycles. The number of hydroxylamine groups is 2. The predicted molar refractivity (Wildman–Crippen MR) is 179 cm³/mol. The molecular formula is C37H48N2O11. The van der Waals surface area contributed by atoms with E-state index in [-0.39, 0.29) is 41.8 Å². The van der Waals surface area contributed by atoms with Crippen LogP contribution in [0, 0.1) is 17.8 Å². The Labute approximate surface area is 292 Å². The number of carbonyl (C=O) groups is 3. The number of hydrogen-bond donors (Lipinski definition) is 2. The van der Waals surface area contributed by atoms with Crippen molar-refractivity contribution in [2.24, 2.45) is 17.8 Å². The topological polar surface area (TPSA) is 151 Å². The van der Waals surface area contributed by atoms with Crippen molar-refractivity contribution in [2.75, 3.05) is 27.6 Å². The van der Waals surface area contributed by atoms with Gasteiger partial charge in [0.05, 0.1) is 26.7 Å². The third-order valence-corrected chi connectivity index (χ3v) is 10.7. The number of piperidine rings is 1. The van der Waals surface area contributed by atoms with Crippen LogP contribution in [0.1, 0.15) is 83.4 Å². The number of hydrogen-bond acceptors (Lipinski definition) is 12. The lowest BCUT2D eigenvalue weighted by molar-refractivity contribution is -0.256. The molecule has 2 aromatic carbocycles. The maximum Gasteiger partial charge on any atom is 0.408 e. The number of amides is 1. The molecular weight excluding hydrogens is 648 g/mol. The van der Waals surface area contributed by atoms with E-state index in [1.807, 2.05) is 53.7 Å². The molecule has 0 saturated carbocycles. The lowest BCUT2D eigenvalue weighted by atomic mass is 9.67. The molecule has 1 amide bonds. The molecule has 272 valence electrons. The smallest absolute Gasteiger partial charge is 0.408 e. The van der Waals surface area contributed by atoms with Gasteiger partial charge in [-0.1, -0.05) is 20.3 Å². The van der Waals surface area contributed by atoms with E-state index in [1.165, 1.54) is 19.3 Å². The largest absolute Gasteiger partial charge is 0.493 e. The summed E-state index contributed by atoms with van der Waals surface area (Å²) in [6.07, 6.45) is 0.812. The summed E-state index contributed by atoms with van der Waals surface area (Å²) >= 11 is 0. The SMILES string of the molecule is CC[C@H](C)[C@H](NC(=O)OC1CC(C)(C)N(O)C(C)(C)C1)C(=O)Oc1c(OC)cc([C@@H]2c3cc4c(cc3C[C@H]3COC(=O)[C@@H]32)OCO4)cc1OC. The Bertz CT molecular complexity index is 1610. The van der Waals surface area contributed by atoms with Crippen LogP contribution in [-0.2, 0) is 25.5 Å². The predicted octanol–water partition coefficient (Wildman–Crippen LogP) is 5.37.